The van der Waals surface area contributed by atoms with E-state index in [2.05, 4.69) is 15.3 Å². The van der Waals surface area contributed by atoms with Crippen molar-refractivity contribution in [3.8, 4) is 0 Å². The van der Waals surface area contributed by atoms with Crippen LogP contribution in [0.4, 0.5) is 0 Å². The Labute approximate surface area is 170 Å². The Morgan fingerprint density at radius 3 is 2.93 bits per heavy atom. The fourth-order valence-electron chi connectivity index (χ4n) is 3.32. The topological polar surface area (TPSA) is 101 Å². The smallest absolute Gasteiger partial charge is 0.307 e. The molecular weight excluding hydrogens is 398 g/mol. The van der Waals surface area contributed by atoms with Gasteiger partial charge in [0.25, 0.3) is 11.5 Å². The van der Waals surface area contributed by atoms with Gasteiger partial charge in [0.2, 0.25) is 0 Å². The number of H-pyrrole nitrogens is 1. The number of hydrogen-bond donors (Lipinski definition) is 2. The van der Waals surface area contributed by atoms with Crippen molar-refractivity contribution in [2.24, 2.45) is 0 Å². The van der Waals surface area contributed by atoms with Gasteiger partial charge in [0.1, 0.15) is 10.7 Å². The first-order chi connectivity index (χ1) is 13.6. The van der Waals surface area contributed by atoms with Crippen molar-refractivity contribution in [2.75, 3.05) is 12.4 Å². The van der Waals surface area contributed by atoms with Crippen molar-refractivity contribution in [2.45, 2.75) is 56.7 Å². The molecule has 28 heavy (non-hydrogen) atoms. The first kappa shape index (κ1) is 19.4. The molecule has 0 saturated heterocycles. The number of aryl methyl sites for hydroxylation is 2. The van der Waals surface area contributed by atoms with Gasteiger partial charge in [-0.2, -0.15) is 11.8 Å². The van der Waals surface area contributed by atoms with Crippen molar-refractivity contribution in [1.29, 1.82) is 0 Å². The van der Waals surface area contributed by atoms with E-state index in [0.29, 0.717) is 17.3 Å². The van der Waals surface area contributed by atoms with Crippen LogP contribution in [0.15, 0.2) is 4.79 Å². The number of amides is 1. The van der Waals surface area contributed by atoms with Gasteiger partial charge in [-0.3, -0.25) is 14.4 Å². The Hall–Kier alpha value is -1.87. The molecule has 2 heterocycles. The van der Waals surface area contributed by atoms with E-state index in [1.54, 1.807) is 11.3 Å². The number of fused-ring (bicyclic) bond motifs is 3. The number of carbonyl (C=O) groups excluding carboxylic acids is 2. The highest BCUT2D eigenvalue weighted by Crippen LogP contribution is 2.33. The number of aromatic nitrogens is 2. The summed E-state index contributed by atoms with van der Waals surface area (Å²) in [6.07, 6.45) is 6.56. The maximum absolute atomic E-state index is 12.5. The number of esters is 1. The van der Waals surface area contributed by atoms with Gasteiger partial charge in [-0.1, -0.05) is 0 Å². The zero-order chi connectivity index (χ0) is 19.5. The quantitative estimate of drug-likeness (QED) is 0.501. The van der Waals surface area contributed by atoms with Crippen LogP contribution in [0, 0.1) is 0 Å². The molecule has 0 atom stereocenters. The molecule has 150 valence electrons. The number of nitrogens with zero attached hydrogens (tertiary/aromatic N) is 1. The number of carbonyl (C=O) groups is 2. The minimum Gasteiger partial charge on any atom is -0.456 e. The van der Waals surface area contributed by atoms with Crippen molar-refractivity contribution in [3.63, 3.8) is 0 Å². The van der Waals surface area contributed by atoms with Crippen LogP contribution in [0.25, 0.3) is 10.2 Å². The van der Waals surface area contributed by atoms with Crippen molar-refractivity contribution in [1.82, 2.24) is 15.3 Å². The molecule has 0 bridgehead atoms. The first-order valence-corrected chi connectivity index (χ1v) is 11.6. The number of ether oxygens (including phenoxy) is 1. The van der Waals surface area contributed by atoms with E-state index in [1.807, 2.05) is 0 Å². The first-order valence-electron chi connectivity index (χ1n) is 9.66. The van der Waals surface area contributed by atoms with E-state index < -0.39 is 0 Å². The second-order valence-corrected chi connectivity index (χ2v) is 9.40. The summed E-state index contributed by atoms with van der Waals surface area (Å²) < 4.78 is 4.97. The third kappa shape index (κ3) is 4.75. The zero-order valence-corrected chi connectivity index (χ0v) is 17.2. The van der Waals surface area contributed by atoms with Gasteiger partial charge in [0.15, 0.2) is 6.61 Å². The van der Waals surface area contributed by atoms with Crippen LogP contribution in [0.1, 0.15) is 48.4 Å². The van der Waals surface area contributed by atoms with Gasteiger partial charge < -0.3 is 15.0 Å². The lowest BCUT2D eigenvalue weighted by atomic mass is 9.97. The third-order valence-corrected chi connectivity index (χ3v) is 7.03. The van der Waals surface area contributed by atoms with E-state index in [0.717, 1.165) is 42.3 Å². The van der Waals surface area contributed by atoms with Crippen LogP contribution in [-0.2, 0) is 32.9 Å². The molecule has 2 aliphatic rings. The van der Waals surface area contributed by atoms with Crippen LogP contribution in [0.2, 0.25) is 0 Å². The van der Waals surface area contributed by atoms with Gasteiger partial charge in [-0.25, -0.2) is 4.98 Å². The molecule has 0 aromatic carbocycles. The Morgan fingerprint density at radius 2 is 2.11 bits per heavy atom. The van der Waals surface area contributed by atoms with Crippen molar-refractivity contribution < 1.29 is 14.3 Å². The fraction of sp³-hybridized carbons (Fsp3) is 0.579. The molecule has 7 nitrogen and oxygen atoms in total. The molecule has 0 radical (unpaired) electrons. The SMILES string of the molecule is O=C(COC(=O)CCSCc1nc2sc3c(c2c(=O)[nH]1)CCCC3)NC1CC1. The fourth-order valence-corrected chi connectivity index (χ4v) is 5.38. The predicted octanol–water partition coefficient (Wildman–Crippen LogP) is 2.31. The summed E-state index contributed by atoms with van der Waals surface area (Å²) in [7, 11) is 0. The Balaban J connectivity index is 1.24. The lowest BCUT2D eigenvalue weighted by molar-refractivity contribution is -0.148. The van der Waals surface area contributed by atoms with Crippen LogP contribution >= 0.6 is 23.1 Å². The maximum Gasteiger partial charge on any atom is 0.307 e. The summed E-state index contributed by atoms with van der Waals surface area (Å²) >= 11 is 3.15. The summed E-state index contributed by atoms with van der Waals surface area (Å²) in [5.74, 6) is 1.09. The number of hydrogen-bond acceptors (Lipinski definition) is 7. The van der Waals surface area contributed by atoms with E-state index in [-0.39, 0.29) is 36.5 Å². The maximum atomic E-state index is 12.5. The lowest BCUT2D eigenvalue weighted by Gasteiger charge is -2.09. The average Bonchev–Trinajstić information content (AvgIpc) is 3.40. The van der Waals surface area contributed by atoms with Crippen LogP contribution in [0.3, 0.4) is 0 Å². The van der Waals surface area contributed by atoms with Crippen LogP contribution in [0.5, 0.6) is 0 Å². The molecule has 2 N–H and O–H groups in total. The Bertz CT molecular complexity index is 949. The van der Waals surface area contributed by atoms with Gasteiger partial charge in [-0.15, -0.1) is 11.3 Å². The Morgan fingerprint density at radius 1 is 1.29 bits per heavy atom. The number of thioether (sulfide) groups is 1. The number of nitrogens with one attached hydrogen (secondary N) is 2. The van der Waals surface area contributed by atoms with Gasteiger partial charge in [-0.05, 0) is 44.1 Å². The van der Waals surface area contributed by atoms with Crippen LogP contribution < -0.4 is 10.9 Å². The molecule has 1 saturated carbocycles. The molecule has 1 amide bonds. The molecule has 9 heteroatoms. The lowest BCUT2D eigenvalue weighted by Crippen LogP contribution is -2.30. The summed E-state index contributed by atoms with van der Waals surface area (Å²) in [6.45, 7) is -0.214. The monoisotopic (exact) mass is 421 g/mol. The summed E-state index contributed by atoms with van der Waals surface area (Å²) in [5.41, 5.74) is 1.13. The molecule has 1 fully saturated rings. The number of rotatable bonds is 8. The summed E-state index contributed by atoms with van der Waals surface area (Å²) in [4.78, 5) is 45.3. The largest absolute Gasteiger partial charge is 0.456 e. The summed E-state index contributed by atoms with van der Waals surface area (Å²) in [6, 6.07) is 0.266. The van der Waals surface area contributed by atoms with E-state index in [9.17, 15) is 14.4 Å². The Kier molecular flexibility index (Phi) is 6.01. The number of thiophene rings is 1. The normalized spacial score (nSPS) is 16.0. The molecule has 0 unspecified atom stereocenters. The molecular formula is C19H23N3O4S2. The molecule has 4 rings (SSSR count). The highest BCUT2D eigenvalue weighted by molar-refractivity contribution is 7.98. The standard InChI is InChI=1S/C19H23N3O4S2/c23-15(20-11-5-6-11)9-26-16(24)7-8-27-10-14-21-18(25)17-12-3-1-2-4-13(12)28-19(17)22-14/h11H,1-10H2,(H,20,23)(H,21,22,25). The highest BCUT2D eigenvalue weighted by Gasteiger charge is 2.23. The highest BCUT2D eigenvalue weighted by atomic mass is 32.2. The summed E-state index contributed by atoms with van der Waals surface area (Å²) in [5, 5.41) is 3.54. The molecule has 2 aromatic heterocycles. The predicted molar refractivity (Wildman–Crippen MR) is 110 cm³/mol. The van der Waals surface area contributed by atoms with Gasteiger partial charge in [0, 0.05) is 16.7 Å². The second kappa shape index (κ2) is 8.65. The molecule has 0 aliphatic heterocycles. The third-order valence-electron chi connectivity index (χ3n) is 4.87. The zero-order valence-electron chi connectivity index (χ0n) is 15.5. The van der Waals surface area contributed by atoms with Gasteiger partial charge >= 0.3 is 5.97 Å². The molecule has 0 spiro atoms. The minimum absolute atomic E-state index is 0.0546. The van der Waals surface area contributed by atoms with Crippen molar-refractivity contribution >= 4 is 45.2 Å². The van der Waals surface area contributed by atoms with E-state index in [1.165, 1.54) is 28.6 Å². The second-order valence-electron chi connectivity index (χ2n) is 7.21. The van der Waals surface area contributed by atoms with E-state index >= 15 is 0 Å². The molecule has 2 aromatic rings. The van der Waals surface area contributed by atoms with E-state index in [4.69, 9.17) is 4.74 Å². The van der Waals surface area contributed by atoms with Gasteiger partial charge in [0.05, 0.1) is 17.6 Å². The minimum atomic E-state index is -0.388. The number of aromatic amines is 1. The van der Waals surface area contributed by atoms with Crippen LogP contribution in [-0.4, -0.2) is 40.2 Å². The van der Waals surface area contributed by atoms with Crippen molar-refractivity contribution in [3.05, 3.63) is 26.6 Å². The molecule has 2 aliphatic carbocycles. The average molecular weight is 422 g/mol.